The highest BCUT2D eigenvalue weighted by atomic mass is 32.2. The first kappa shape index (κ1) is 13.2. The second-order valence-corrected chi connectivity index (χ2v) is 5.05. The summed E-state index contributed by atoms with van der Waals surface area (Å²) in [4.78, 5) is 11.2. The Morgan fingerprint density at radius 1 is 1.38 bits per heavy atom. The van der Waals surface area contributed by atoms with Crippen LogP contribution in [0, 0.1) is 0 Å². The lowest BCUT2D eigenvalue weighted by Crippen LogP contribution is -2.50. The Balaban J connectivity index is 2.46. The van der Waals surface area contributed by atoms with Crippen LogP contribution >= 0.6 is 0 Å². The molecule has 0 saturated carbocycles. The van der Waals surface area contributed by atoms with Crippen molar-refractivity contribution in [2.45, 2.75) is 13.3 Å². The van der Waals surface area contributed by atoms with Gasteiger partial charge in [-0.05, 0) is 6.42 Å². The minimum Gasteiger partial charge on any atom is -0.379 e. The fourth-order valence-corrected chi connectivity index (χ4v) is 2.31. The first-order chi connectivity index (χ1) is 7.56. The van der Waals surface area contributed by atoms with Crippen LogP contribution < -0.4 is 10.0 Å². The lowest BCUT2D eigenvalue weighted by Gasteiger charge is -2.25. The molecule has 1 fully saturated rings. The number of morpholine rings is 1. The van der Waals surface area contributed by atoms with E-state index in [9.17, 15) is 13.2 Å². The first-order valence-electron chi connectivity index (χ1n) is 5.19. The van der Waals surface area contributed by atoms with E-state index in [1.54, 1.807) is 0 Å². The van der Waals surface area contributed by atoms with Crippen molar-refractivity contribution < 1.29 is 17.9 Å². The number of hydrogen-bond acceptors (Lipinski definition) is 4. The minimum absolute atomic E-state index is 0.274. The normalized spacial score (nSPS) is 18.1. The topological polar surface area (TPSA) is 87.7 Å². The maximum atomic E-state index is 11.7. The SMILES string of the molecule is CCCNC(=O)NS(=O)(=O)N1CCOCC1. The zero-order chi connectivity index (χ0) is 12.0. The van der Waals surface area contributed by atoms with Gasteiger partial charge >= 0.3 is 16.2 Å². The van der Waals surface area contributed by atoms with Gasteiger partial charge in [-0.25, -0.2) is 9.52 Å². The Morgan fingerprint density at radius 3 is 2.56 bits per heavy atom. The minimum atomic E-state index is -3.72. The Bertz CT molecular complexity index is 324. The van der Waals surface area contributed by atoms with Crippen LogP contribution in [0.15, 0.2) is 0 Å². The van der Waals surface area contributed by atoms with E-state index in [0.29, 0.717) is 19.8 Å². The van der Waals surface area contributed by atoms with Gasteiger partial charge in [0, 0.05) is 19.6 Å². The highest BCUT2D eigenvalue weighted by Crippen LogP contribution is 2.02. The molecule has 94 valence electrons. The average Bonchev–Trinajstić information content (AvgIpc) is 2.27. The van der Waals surface area contributed by atoms with E-state index >= 15 is 0 Å². The van der Waals surface area contributed by atoms with Gasteiger partial charge in [-0.1, -0.05) is 6.92 Å². The monoisotopic (exact) mass is 251 g/mol. The highest BCUT2D eigenvalue weighted by molar-refractivity contribution is 7.87. The van der Waals surface area contributed by atoms with Crippen molar-refractivity contribution in [3.8, 4) is 0 Å². The Labute approximate surface area is 95.3 Å². The largest absolute Gasteiger partial charge is 0.379 e. The van der Waals surface area contributed by atoms with E-state index in [2.05, 4.69) is 5.32 Å². The molecule has 0 radical (unpaired) electrons. The van der Waals surface area contributed by atoms with E-state index in [-0.39, 0.29) is 13.1 Å². The van der Waals surface area contributed by atoms with E-state index in [4.69, 9.17) is 4.74 Å². The number of carbonyl (C=O) groups excluding carboxylic acids is 1. The van der Waals surface area contributed by atoms with Gasteiger partial charge in [0.15, 0.2) is 0 Å². The predicted octanol–water partition coefficient (Wildman–Crippen LogP) is -0.727. The quantitative estimate of drug-likeness (QED) is 0.689. The second-order valence-electron chi connectivity index (χ2n) is 3.37. The number of hydrogen-bond donors (Lipinski definition) is 2. The summed E-state index contributed by atoms with van der Waals surface area (Å²) in [6.45, 7) is 3.60. The number of amides is 2. The fourth-order valence-electron chi connectivity index (χ4n) is 1.24. The molecule has 1 heterocycles. The summed E-state index contributed by atoms with van der Waals surface area (Å²) in [5.41, 5.74) is 0. The second kappa shape index (κ2) is 6.02. The van der Waals surface area contributed by atoms with Crippen LogP contribution in [0.25, 0.3) is 0 Å². The summed E-state index contributed by atoms with van der Waals surface area (Å²) in [5, 5.41) is 2.44. The van der Waals surface area contributed by atoms with Gasteiger partial charge in [0.05, 0.1) is 13.2 Å². The summed E-state index contributed by atoms with van der Waals surface area (Å²) in [5.74, 6) is 0. The number of urea groups is 1. The maximum Gasteiger partial charge on any atom is 0.329 e. The van der Waals surface area contributed by atoms with Crippen LogP contribution in [0.2, 0.25) is 0 Å². The molecule has 0 aliphatic carbocycles. The molecule has 0 aromatic carbocycles. The Hall–Kier alpha value is -0.860. The summed E-state index contributed by atoms with van der Waals surface area (Å²) >= 11 is 0. The van der Waals surface area contributed by atoms with Gasteiger partial charge in [0.2, 0.25) is 0 Å². The lowest BCUT2D eigenvalue weighted by molar-refractivity contribution is 0.0726. The molecule has 8 heteroatoms. The molecule has 1 aliphatic heterocycles. The van der Waals surface area contributed by atoms with Gasteiger partial charge in [-0.15, -0.1) is 0 Å². The van der Waals surface area contributed by atoms with Crippen molar-refractivity contribution >= 4 is 16.2 Å². The van der Waals surface area contributed by atoms with Gasteiger partial charge in [-0.3, -0.25) is 0 Å². The van der Waals surface area contributed by atoms with Gasteiger partial charge in [0.1, 0.15) is 0 Å². The Morgan fingerprint density at radius 2 is 2.00 bits per heavy atom. The summed E-state index contributed by atoms with van der Waals surface area (Å²) in [7, 11) is -3.72. The molecular weight excluding hydrogens is 234 g/mol. The van der Waals surface area contributed by atoms with Crippen LogP contribution in [0.1, 0.15) is 13.3 Å². The summed E-state index contributed by atoms with van der Waals surface area (Å²) in [6.07, 6.45) is 0.755. The third kappa shape index (κ3) is 3.95. The first-order valence-corrected chi connectivity index (χ1v) is 6.63. The van der Waals surface area contributed by atoms with Crippen molar-refractivity contribution in [3.05, 3.63) is 0 Å². The number of nitrogens with zero attached hydrogens (tertiary/aromatic N) is 1. The van der Waals surface area contributed by atoms with Gasteiger partial charge in [0.25, 0.3) is 0 Å². The predicted molar refractivity (Wildman–Crippen MR) is 58.1 cm³/mol. The number of nitrogens with one attached hydrogen (secondary N) is 2. The maximum absolute atomic E-state index is 11.7. The highest BCUT2D eigenvalue weighted by Gasteiger charge is 2.25. The summed E-state index contributed by atoms with van der Waals surface area (Å²) < 4.78 is 31.5. The van der Waals surface area contributed by atoms with E-state index in [0.717, 1.165) is 6.42 Å². The van der Waals surface area contributed by atoms with E-state index in [1.807, 2.05) is 11.6 Å². The molecule has 2 N–H and O–H groups in total. The zero-order valence-corrected chi connectivity index (χ0v) is 10.0. The van der Waals surface area contributed by atoms with Crippen LogP contribution in [0.3, 0.4) is 0 Å². The van der Waals surface area contributed by atoms with E-state index in [1.165, 1.54) is 4.31 Å². The molecule has 16 heavy (non-hydrogen) atoms. The molecule has 0 aromatic rings. The molecule has 2 amide bonds. The molecule has 0 bridgehead atoms. The molecule has 0 aromatic heterocycles. The van der Waals surface area contributed by atoms with Crippen LogP contribution in [-0.2, 0) is 14.9 Å². The number of carbonyl (C=O) groups is 1. The molecule has 0 spiro atoms. The standard InChI is InChI=1S/C8H17N3O4S/c1-2-3-9-8(12)10-16(13,14)11-4-6-15-7-5-11/h2-7H2,1H3,(H2,9,10,12). The molecule has 1 saturated heterocycles. The molecule has 1 rings (SSSR count). The molecule has 7 nitrogen and oxygen atoms in total. The molecule has 0 atom stereocenters. The third-order valence-electron chi connectivity index (χ3n) is 2.07. The van der Waals surface area contributed by atoms with Crippen molar-refractivity contribution in [2.24, 2.45) is 0 Å². The molecule has 1 aliphatic rings. The van der Waals surface area contributed by atoms with Crippen LogP contribution in [0.4, 0.5) is 4.79 Å². The fraction of sp³-hybridized carbons (Fsp3) is 0.875. The number of ether oxygens (including phenoxy) is 1. The van der Waals surface area contributed by atoms with Crippen molar-refractivity contribution in [2.75, 3.05) is 32.8 Å². The van der Waals surface area contributed by atoms with Crippen molar-refractivity contribution in [1.82, 2.24) is 14.3 Å². The zero-order valence-electron chi connectivity index (χ0n) is 9.23. The van der Waals surface area contributed by atoms with E-state index < -0.39 is 16.2 Å². The van der Waals surface area contributed by atoms with Crippen LogP contribution in [-0.4, -0.2) is 51.6 Å². The Kier molecular flexibility index (Phi) is 4.97. The molecular formula is C8H17N3O4S. The van der Waals surface area contributed by atoms with Crippen molar-refractivity contribution in [3.63, 3.8) is 0 Å². The average molecular weight is 251 g/mol. The summed E-state index contributed by atoms with van der Waals surface area (Å²) in [6, 6.07) is -0.687. The number of rotatable bonds is 4. The van der Waals surface area contributed by atoms with Crippen LogP contribution in [0.5, 0.6) is 0 Å². The van der Waals surface area contributed by atoms with Gasteiger partial charge < -0.3 is 10.1 Å². The smallest absolute Gasteiger partial charge is 0.329 e. The molecule has 0 unspecified atom stereocenters. The lowest BCUT2D eigenvalue weighted by atomic mass is 10.5. The van der Waals surface area contributed by atoms with Crippen molar-refractivity contribution in [1.29, 1.82) is 0 Å². The third-order valence-corrected chi connectivity index (χ3v) is 3.56. The van der Waals surface area contributed by atoms with Gasteiger partial charge in [-0.2, -0.15) is 12.7 Å².